The summed E-state index contributed by atoms with van der Waals surface area (Å²) in [5.74, 6) is -4.11. The average Bonchev–Trinajstić information content (AvgIpc) is 3.81. The Kier molecular flexibility index (Phi) is 14.5. The average molecular weight is 781 g/mol. The molecule has 0 aliphatic carbocycles. The van der Waals surface area contributed by atoms with E-state index in [4.69, 9.17) is 25.8 Å². The minimum Gasteiger partial charge on any atom is -0.506 e. The molecule has 300 valence electrons. The number of nitrogens with one attached hydrogen (secondary N) is 1. The van der Waals surface area contributed by atoms with Crippen LogP contribution in [0.1, 0.15) is 85.0 Å². The quantitative estimate of drug-likeness (QED) is 0.217. The van der Waals surface area contributed by atoms with Crippen molar-refractivity contribution in [1.82, 2.24) is 10.2 Å². The fourth-order valence-corrected chi connectivity index (χ4v) is 7.48. The number of rotatable bonds is 7. The van der Waals surface area contributed by atoms with Gasteiger partial charge < -0.3 is 34.6 Å². The molecule has 11 nitrogen and oxygen atoms in total. The number of carbonyl (C=O) groups excluding carboxylic acids is 4. The number of aliphatic hydroxyl groups is 1. The second-order valence-corrected chi connectivity index (χ2v) is 16.2. The van der Waals surface area contributed by atoms with Gasteiger partial charge in [-0.3, -0.25) is 14.4 Å². The molecule has 1 fully saturated rings. The monoisotopic (exact) mass is 780 g/mol. The Morgan fingerprint density at radius 3 is 2.40 bits per heavy atom. The molecule has 0 radical (unpaired) electrons. The SMILES string of the molecule is CCC(C)C1C(=O)CC(Cc2ccc(O)c(Cl)c2)C(=O)NC(C(C)(C)O)C(=O)OC(c2ccccc2)C(C)/C=C/C=C(\C)C(OC)CC2OC2(C)C(=O)N1C. The number of phenolic OH excluding ortho intramolecular Hbond substituents is 1. The summed E-state index contributed by atoms with van der Waals surface area (Å²) in [5, 5.41) is 24.2. The number of amides is 2. The molecule has 2 aliphatic rings. The van der Waals surface area contributed by atoms with Crippen molar-refractivity contribution in [2.75, 3.05) is 14.2 Å². The van der Waals surface area contributed by atoms with Crippen molar-refractivity contribution in [3.05, 3.63) is 88.5 Å². The highest BCUT2D eigenvalue weighted by atomic mass is 35.5. The van der Waals surface area contributed by atoms with Gasteiger partial charge in [0.2, 0.25) is 5.91 Å². The molecule has 2 aromatic carbocycles. The van der Waals surface area contributed by atoms with E-state index in [1.807, 2.05) is 76.3 Å². The van der Waals surface area contributed by atoms with E-state index < -0.39 is 53.3 Å². The number of phenols is 1. The first-order chi connectivity index (χ1) is 25.8. The van der Waals surface area contributed by atoms with E-state index in [-0.39, 0.29) is 53.2 Å². The molecule has 0 bridgehead atoms. The van der Waals surface area contributed by atoms with E-state index in [1.54, 1.807) is 27.1 Å². The van der Waals surface area contributed by atoms with Crippen LogP contribution in [0.15, 0.2) is 72.3 Å². The molecule has 12 heteroatoms. The third kappa shape index (κ3) is 10.6. The standard InChI is InChI=1S/C43H57ClN2O9/c1-10-25(2)36-33(48)23-30(21-28-19-20-32(47)31(44)22-28)39(49)45-38(42(5,6)52)40(50)54-37(29-17-12-11-13-18-29)27(4)16-14-15-26(3)34(53-9)24-35-43(7,55-35)41(51)46(36)8/h11-20,22,25,27,30,34-38,47,52H,10,21,23-24H2,1-9H3,(H,45,49)/b16-14+,26-15+. The number of hydrogen-bond acceptors (Lipinski definition) is 9. The number of ether oxygens (including phenoxy) is 3. The number of Topliss-reactive ketones (excluding diaryl/α,β-unsaturated/α-hetero) is 1. The van der Waals surface area contributed by atoms with Gasteiger partial charge >= 0.3 is 5.97 Å². The zero-order valence-electron chi connectivity index (χ0n) is 33.4. The maximum Gasteiger partial charge on any atom is 0.332 e. The van der Waals surface area contributed by atoms with Crippen LogP contribution in [0, 0.1) is 17.8 Å². The van der Waals surface area contributed by atoms with Gasteiger partial charge in [-0.15, -0.1) is 0 Å². The number of esters is 1. The van der Waals surface area contributed by atoms with Crippen LogP contribution < -0.4 is 5.32 Å². The number of fused-ring (bicyclic) bond motifs is 1. The van der Waals surface area contributed by atoms with Crippen LogP contribution in [0.5, 0.6) is 5.75 Å². The van der Waals surface area contributed by atoms with Crippen LogP contribution in [0.25, 0.3) is 0 Å². The van der Waals surface area contributed by atoms with Crippen molar-refractivity contribution in [3.8, 4) is 5.75 Å². The van der Waals surface area contributed by atoms with Crippen LogP contribution in [-0.2, 0) is 39.8 Å². The number of carbonyl (C=O) groups is 4. The third-order valence-electron chi connectivity index (χ3n) is 11.0. The molecule has 2 aromatic rings. The molecule has 55 heavy (non-hydrogen) atoms. The van der Waals surface area contributed by atoms with Crippen molar-refractivity contribution in [2.45, 2.75) is 116 Å². The molecule has 0 aromatic heterocycles. The molecule has 9 atom stereocenters. The summed E-state index contributed by atoms with van der Waals surface area (Å²) in [6.45, 7) is 12.1. The number of likely N-dealkylation sites (N-methyl/N-ethyl adjacent to an activating group) is 1. The van der Waals surface area contributed by atoms with Gasteiger partial charge in [0, 0.05) is 38.8 Å². The number of benzene rings is 2. The lowest BCUT2D eigenvalue weighted by molar-refractivity contribution is -0.162. The van der Waals surface area contributed by atoms with Crippen LogP contribution in [-0.4, -0.2) is 88.3 Å². The largest absolute Gasteiger partial charge is 0.506 e. The number of hydrogen-bond donors (Lipinski definition) is 3. The maximum atomic E-state index is 14.4. The third-order valence-corrected chi connectivity index (χ3v) is 11.3. The Bertz CT molecular complexity index is 1760. The molecule has 1 saturated heterocycles. The number of aromatic hydroxyl groups is 1. The fraction of sp³-hybridized carbons (Fsp3) is 0.535. The van der Waals surface area contributed by atoms with Gasteiger partial charge in [-0.05, 0) is 68.9 Å². The van der Waals surface area contributed by atoms with E-state index in [0.29, 0.717) is 24.0 Å². The summed E-state index contributed by atoms with van der Waals surface area (Å²) in [4.78, 5) is 58.5. The molecule has 4 rings (SSSR count). The van der Waals surface area contributed by atoms with E-state index in [9.17, 15) is 29.4 Å². The minimum absolute atomic E-state index is 0.00177. The van der Waals surface area contributed by atoms with E-state index in [1.165, 1.54) is 30.9 Å². The number of cyclic esters (lactones) is 1. The zero-order valence-corrected chi connectivity index (χ0v) is 34.1. The smallest absolute Gasteiger partial charge is 0.332 e. The second kappa shape index (κ2) is 18.3. The Labute approximate surface area is 330 Å². The normalized spacial score (nSPS) is 31.2. The number of ketones is 1. The molecule has 2 aliphatic heterocycles. The first kappa shape index (κ1) is 43.7. The zero-order chi connectivity index (χ0) is 40.8. The lowest BCUT2D eigenvalue weighted by Gasteiger charge is -2.34. The predicted molar refractivity (Wildman–Crippen MR) is 210 cm³/mol. The van der Waals surface area contributed by atoms with Gasteiger partial charge in [-0.2, -0.15) is 0 Å². The van der Waals surface area contributed by atoms with Crippen LogP contribution in [0.4, 0.5) is 0 Å². The fourth-order valence-electron chi connectivity index (χ4n) is 7.27. The van der Waals surface area contributed by atoms with Crippen molar-refractivity contribution < 1.29 is 43.6 Å². The van der Waals surface area contributed by atoms with Gasteiger partial charge in [0.05, 0.1) is 28.9 Å². The highest BCUT2D eigenvalue weighted by Gasteiger charge is 2.61. The number of epoxide rings is 1. The summed E-state index contributed by atoms with van der Waals surface area (Å²) in [7, 11) is 3.18. The lowest BCUT2D eigenvalue weighted by atomic mass is 9.85. The van der Waals surface area contributed by atoms with Crippen LogP contribution >= 0.6 is 11.6 Å². The van der Waals surface area contributed by atoms with Crippen LogP contribution in [0.3, 0.4) is 0 Å². The molecular weight excluding hydrogens is 724 g/mol. The van der Waals surface area contributed by atoms with Gasteiger partial charge in [0.15, 0.2) is 17.4 Å². The first-order valence-corrected chi connectivity index (χ1v) is 19.3. The maximum absolute atomic E-state index is 14.4. The Balaban J connectivity index is 1.82. The van der Waals surface area contributed by atoms with E-state index in [2.05, 4.69) is 5.32 Å². The summed E-state index contributed by atoms with van der Waals surface area (Å²) < 4.78 is 18.0. The molecule has 9 unspecified atom stereocenters. The minimum atomic E-state index is -1.78. The van der Waals surface area contributed by atoms with Crippen molar-refractivity contribution >= 4 is 35.2 Å². The molecule has 2 heterocycles. The number of allylic oxidation sites excluding steroid dienone is 2. The Morgan fingerprint density at radius 1 is 1.13 bits per heavy atom. The van der Waals surface area contributed by atoms with E-state index in [0.717, 1.165) is 5.57 Å². The van der Waals surface area contributed by atoms with E-state index >= 15 is 0 Å². The highest BCUT2D eigenvalue weighted by molar-refractivity contribution is 6.32. The summed E-state index contributed by atoms with van der Waals surface area (Å²) in [5.41, 5.74) is -0.805. The predicted octanol–water partition coefficient (Wildman–Crippen LogP) is 6.29. The summed E-state index contributed by atoms with van der Waals surface area (Å²) in [6.07, 6.45) is 4.71. The van der Waals surface area contributed by atoms with Gasteiger partial charge in [0.25, 0.3) is 5.91 Å². The Hall–Kier alpha value is -4.03. The van der Waals surface area contributed by atoms with Crippen molar-refractivity contribution in [3.63, 3.8) is 0 Å². The number of halogens is 1. The number of nitrogens with zero attached hydrogens (tertiary/aromatic N) is 1. The lowest BCUT2D eigenvalue weighted by Crippen LogP contribution is -2.57. The van der Waals surface area contributed by atoms with Crippen molar-refractivity contribution in [1.29, 1.82) is 0 Å². The van der Waals surface area contributed by atoms with Gasteiger partial charge in [0.1, 0.15) is 11.9 Å². The topological polar surface area (TPSA) is 155 Å². The van der Waals surface area contributed by atoms with Crippen molar-refractivity contribution in [2.24, 2.45) is 17.8 Å². The second-order valence-electron chi connectivity index (χ2n) is 15.8. The first-order valence-electron chi connectivity index (χ1n) is 18.9. The molecule has 2 amide bonds. The number of methoxy groups -OCH3 is 1. The summed E-state index contributed by atoms with van der Waals surface area (Å²) in [6, 6.07) is 11.3. The highest BCUT2D eigenvalue weighted by Crippen LogP contribution is 2.43. The molecule has 0 spiro atoms. The van der Waals surface area contributed by atoms with Gasteiger partial charge in [-0.1, -0.05) is 93.4 Å². The Morgan fingerprint density at radius 2 is 1.80 bits per heavy atom. The van der Waals surface area contributed by atoms with Crippen LogP contribution in [0.2, 0.25) is 5.02 Å². The van der Waals surface area contributed by atoms with Gasteiger partial charge in [-0.25, -0.2) is 4.79 Å². The molecule has 3 N–H and O–H groups in total. The summed E-state index contributed by atoms with van der Waals surface area (Å²) >= 11 is 6.23. The molecular formula is C43H57ClN2O9. The molecule has 0 saturated carbocycles.